The van der Waals surface area contributed by atoms with Crippen molar-refractivity contribution in [2.24, 2.45) is 7.05 Å². The van der Waals surface area contributed by atoms with Crippen LogP contribution in [0.2, 0.25) is 5.02 Å². The van der Waals surface area contributed by atoms with Crippen LogP contribution in [0.4, 0.5) is 0 Å². The molecule has 2 N–H and O–H groups in total. The number of nitrogens with zero attached hydrogens (tertiary/aromatic N) is 3. The van der Waals surface area contributed by atoms with E-state index < -0.39 is 17.2 Å². The largest absolute Gasteiger partial charge is 0.477 e. The predicted octanol–water partition coefficient (Wildman–Crippen LogP) is 1.92. The van der Waals surface area contributed by atoms with Gasteiger partial charge >= 0.3 is 11.7 Å². The van der Waals surface area contributed by atoms with Crippen molar-refractivity contribution in [3.63, 3.8) is 0 Å². The quantitative estimate of drug-likeness (QED) is 0.560. The first-order chi connectivity index (χ1) is 12.4. The first-order valence-electron chi connectivity index (χ1n) is 7.51. The molecule has 4 aromatic rings. The van der Waals surface area contributed by atoms with Crippen LogP contribution in [-0.2, 0) is 7.05 Å². The van der Waals surface area contributed by atoms with Crippen LogP contribution >= 0.6 is 11.6 Å². The lowest BCUT2D eigenvalue weighted by molar-refractivity contribution is 0.0687. The molecule has 4 rings (SSSR count). The topological polar surface area (TPSA) is 110 Å². The number of hydrogen-bond donors (Lipinski definition) is 2. The molecule has 0 atom stereocenters. The highest BCUT2D eigenvalue weighted by atomic mass is 35.5. The fourth-order valence-electron chi connectivity index (χ4n) is 3.14. The molecule has 0 radical (unpaired) electrons. The third kappa shape index (κ3) is 2.16. The summed E-state index contributed by atoms with van der Waals surface area (Å²) in [5, 5.41) is 10.6. The number of carboxylic acid groups (broad SMARTS) is 1. The van der Waals surface area contributed by atoms with Gasteiger partial charge in [0.25, 0.3) is 5.56 Å². The van der Waals surface area contributed by atoms with E-state index in [9.17, 15) is 19.5 Å². The van der Waals surface area contributed by atoms with E-state index >= 15 is 0 Å². The number of H-pyrrole nitrogens is 1. The minimum Gasteiger partial charge on any atom is -0.477 e. The Balaban J connectivity index is 2.27. The normalized spacial score (nSPS) is 11.3. The second-order valence-electron chi connectivity index (χ2n) is 5.71. The molecule has 8 nitrogen and oxygen atoms in total. The van der Waals surface area contributed by atoms with E-state index in [0.717, 1.165) is 4.57 Å². The average molecular weight is 371 g/mol. The van der Waals surface area contributed by atoms with Crippen LogP contribution < -0.4 is 11.2 Å². The molecule has 0 saturated heterocycles. The molecule has 0 unspecified atom stereocenters. The van der Waals surface area contributed by atoms with E-state index in [4.69, 9.17) is 11.6 Å². The molecule has 0 aliphatic rings. The molecule has 1 aromatic carbocycles. The van der Waals surface area contributed by atoms with Gasteiger partial charge in [0.2, 0.25) is 0 Å². The van der Waals surface area contributed by atoms with Crippen LogP contribution in [0.5, 0.6) is 0 Å². The van der Waals surface area contributed by atoms with Gasteiger partial charge in [-0.15, -0.1) is 0 Å². The average Bonchev–Trinajstić information content (AvgIpc) is 2.87. The second-order valence-corrected chi connectivity index (χ2v) is 6.15. The lowest BCUT2D eigenvalue weighted by Crippen LogP contribution is -2.34. The number of carboxylic acids is 1. The molecule has 9 heteroatoms. The lowest BCUT2D eigenvalue weighted by Gasteiger charge is -2.07. The number of aromatic nitrogens is 4. The van der Waals surface area contributed by atoms with Crippen molar-refractivity contribution < 1.29 is 9.90 Å². The van der Waals surface area contributed by atoms with Crippen molar-refractivity contribution >= 4 is 39.4 Å². The Bertz CT molecular complexity index is 1330. The molecule has 130 valence electrons. The maximum atomic E-state index is 12.9. The maximum absolute atomic E-state index is 12.9. The van der Waals surface area contributed by atoms with Crippen LogP contribution in [0.25, 0.3) is 27.5 Å². The van der Waals surface area contributed by atoms with Gasteiger partial charge in [-0.3, -0.25) is 9.78 Å². The zero-order valence-corrected chi connectivity index (χ0v) is 14.1. The fraction of sp³-hybridized carbons (Fsp3) is 0.0588. The number of pyridine rings is 1. The number of benzene rings is 1. The van der Waals surface area contributed by atoms with Crippen molar-refractivity contribution in [2.75, 3.05) is 0 Å². The van der Waals surface area contributed by atoms with E-state index in [2.05, 4.69) is 9.97 Å². The second kappa shape index (κ2) is 5.57. The molecule has 26 heavy (non-hydrogen) atoms. The molecule has 0 saturated carbocycles. The molecule has 0 spiro atoms. The third-order valence-electron chi connectivity index (χ3n) is 4.26. The molecule has 0 aliphatic heterocycles. The highest BCUT2D eigenvalue weighted by Gasteiger charge is 2.25. The summed E-state index contributed by atoms with van der Waals surface area (Å²) in [7, 11) is 1.55. The van der Waals surface area contributed by atoms with Gasteiger partial charge in [-0.1, -0.05) is 11.6 Å². The van der Waals surface area contributed by atoms with Crippen molar-refractivity contribution in [3.05, 3.63) is 68.2 Å². The van der Waals surface area contributed by atoms with Crippen molar-refractivity contribution in [1.82, 2.24) is 19.1 Å². The summed E-state index contributed by atoms with van der Waals surface area (Å²) in [6.45, 7) is 0. The Morgan fingerprint density at radius 2 is 2.00 bits per heavy atom. The number of carbonyl (C=O) groups is 1. The number of aromatic amines is 1. The van der Waals surface area contributed by atoms with Gasteiger partial charge in [-0.25, -0.2) is 14.2 Å². The number of aryl methyl sites for hydroxylation is 1. The number of rotatable bonds is 2. The number of hydrogen-bond acceptors (Lipinski definition) is 4. The molecule has 3 heterocycles. The first kappa shape index (κ1) is 16.1. The Labute approximate surface area is 149 Å². The monoisotopic (exact) mass is 370 g/mol. The van der Waals surface area contributed by atoms with Crippen molar-refractivity contribution in [1.29, 1.82) is 0 Å². The number of nitrogens with one attached hydrogen (secondary N) is 1. The van der Waals surface area contributed by atoms with Crippen LogP contribution in [0, 0.1) is 0 Å². The van der Waals surface area contributed by atoms with E-state index in [0.29, 0.717) is 15.9 Å². The lowest BCUT2D eigenvalue weighted by atomic mass is 10.2. The highest BCUT2D eigenvalue weighted by Crippen LogP contribution is 2.30. The molecule has 3 aromatic heterocycles. The fourth-order valence-corrected chi connectivity index (χ4v) is 3.31. The van der Waals surface area contributed by atoms with Crippen LogP contribution in [0.1, 0.15) is 10.5 Å². The van der Waals surface area contributed by atoms with Gasteiger partial charge in [0, 0.05) is 23.7 Å². The number of halogens is 1. The van der Waals surface area contributed by atoms with Gasteiger partial charge in [0.1, 0.15) is 0 Å². The summed E-state index contributed by atoms with van der Waals surface area (Å²) >= 11 is 6.06. The van der Waals surface area contributed by atoms with E-state index in [1.54, 1.807) is 19.2 Å². The summed E-state index contributed by atoms with van der Waals surface area (Å²) in [5.74, 6) is -1.27. The van der Waals surface area contributed by atoms with Crippen molar-refractivity contribution in [2.45, 2.75) is 0 Å². The van der Waals surface area contributed by atoms with E-state index in [1.807, 2.05) is 0 Å². The van der Waals surface area contributed by atoms with Gasteiger partial charge < -0.3 is 14.7 Å². The molecule has 0 fully saturated rings. The number of aromatic carboxylic acids is 1. The summed E-state index contributed by atoms with van der Waals surface area (Å²) in [6, 6.07) is 6.24. The Kier molecular flexibility index (Phi) is 3.45. The zero-order valence-electron chi connectivity index (χ0n) is 13.4. The molecular weight excluding hydrogens is 360 g/mol. The summed E-state index contributed by atoms with van der Waals surface area (Å²) in [6.07, 6.45) is 2.78. The standard InChI is InChI=1S/C17H11ClN4O4/c1-21-12-3-2-8(18)6-10(12)13(14(21)16(24)25)22-15(23)9-4-5-19-7-11(9)20-17(22)26/h2-7H,1H3,(H,20,26)(H,24,25). The highest BCUT2D eigenvalue weighted by molar-refractivity contribution is 6.31. The van der Waals surface area contributed by atoms with E-state index in [-0.39, 0.29) is 22.3 Å². The maximum Gasteiger partial charge on any atom is 0.354 e. The Morgan fingerprint density at radius 3 is 2.73 bits per heavy atom. The Morgan fingerprint density at radius 1 is 1.23 bits per heavy atom. The third-order valence-corrected chi connectivity index (χ3v) is 4.50. The Hall–Kier alpha value is -3.39. The summed E-state index contributed by atoms with van der Waals surface area (Å²) in [5.41, 5.74) is -0.811. The first-order valence-corrected chi connectivity index (χ1v) is 7.88. The van der Waals surface area contributed by atoms with Gasteiger partial charge in [-0.2, -0.15) is 0 Å². The smallest absolute Gasteiger partial charge is 0.354 e. The SMILES string of the molecule is Cn1c(C(=O)O)c(-n2c(=O)[nH]c3cnccc3c2=O)c2cc(Cl)ccc21. The van der Waals surface area contributed by atoms with Gasteiger partial charge in [0.05, 0.1) is 28.3 Å². The summed E-state index contributed by atoms with van der Waals surface area (Å²) < 4.78 is 2.23. The summed E-state index contributed by atoms with van der Waals surface area (Å²) in [4.78, 5) is 43.9. The van der Waals surface area contributed by atoms with Crippen LogP contribution in [0.3, 0.4) is 0 Å². The number of fused-ring (bicyclic) bond motifs is 2. The minimum absolute atomic E-state index is 0.0255. The van der Waals surface area contributed by atoms with Crippen LogP contribution in [-0.4, -0.2) is 30.2 Å². The molecule has 0 aliphatic carbocycles. The van der Waals surface area contributed by atoms with Gasteiger partial charge in [-0.05, 0) is 24.3 Å². The molecular formula is C17H11ClN4O4. The van der Waals surface area contributed by atoms with Gasteiger partial charge in [0.15, 0.2) is 5.69 Å². The zero-order chi connectivity index (χ0) is 18.6. The van der Waals surface area contributed by atoms with Crippen LogP contribution in [0.15, 0.2) is 46.2 Å². The molecule has 0 amide bonds. The van der Waals surface area contributed by atoms with E-state index in [1.165, 1.54) is 29.1 Å². The van der Waals surface area contributed by atoms with Crippen molar-refractivity contribution in [3.8, 4) is 5.69 Å². The minimum atomic E-state index is -1.27. The predicted molar refractivity (Wildman–Crippen MR) is 96.4 cm³/mol. The molecule has 0 bridgehead atoms.